The first-order valence-corrected chi connectivity index (χ1v) is 5.43. The van der Waals surface area contributed by atoms with Crippen molar-refractivity contribution in [2.24, 2.45) is 0 Å². The van der Waals surface area contributed by atoms with E-state index in [4.69, 9.17) is 0 Å². The van der Waals surface area contributed by atoms with E-state index in [0.717, 1.165) is 0 Å². The maximum atomic E-state index is 12.1. The molecule has 0 atom stereocenters. The molecular formula is C12H15F2NO2. The van der Waals surface area contributed by atoms with Crippen LogP contribution in [0, 0.1) is 0 Å². The van der Waals surface area contributed by atoms with Crippen molar-refractivity contribution in [2.75, 3.05) is 6.54 Å². The molecular weight excluding hydrogens is 228 g/mol. The first kappa shape index (κ1) is 13.4. The summed E-state index contributed by atoms with van der Waals surface area (Å²) in [5.74, 6) is 0.102. The SMILES string of the molecule is CCC(=O)NCCc1ccccc1OC(F)F. The quantitative estimate of drug-likeness (QED) is 0.833. The Morgan fingerprint density at radius 1 is 1.41 bits per heavy atom. The van der Waals surface area contributed by atoms with Gasteiger partial charge in [-0.3, -0.25) is 4.79 Å². The molecule has 17 heavy (non-hydrogen) atoms. The highest BCUT2D eigenvalue weighted by Crippen LogP contribution is 2.20. The van der Waals surface area contributed by atoms with Crippen LogP contribution >= 0.6 is 0 Å². The predicted octanol–water partition coefficient (Wildman–Crippen LogP) is 2.36. The van der Waals surface area contributed by atoms with E-state index in [2.05, 4.69) is 10.1 Å². The second kappa shape index (κ2) is 6.83. The Hall–Kier alpha value is -1.65. The molecule has 0 aromatic heterocycles. The van der Waals surface area contributed by atoms with Gasteiger partial charge in [0.25, 0.3) is 0 Å². The lowest BCUT2D eigenvalue weighted by Gasteiger charge is -2.10. The number of benzene rings is 1. The van der Waals surface area contributed by atoms with Crippen molar-refractivity contribution in [2.45, 2.75) is 26.4 Å². The van der Waals surface area contributed by atoms with E-state index in [-0.39, 0.29) is 11.7 Å². The first-order valence-electron chi connectivity index (χ1n) is 5.43. The molecule has 1 amide bonds. The van der Waals surface area contributed by atoms with Gasteiger partial charge in [0.1, 0.15) is 5.75 Å². The number of para-hydroxylation sites is 1. The third-order valence-electron chi connectivity index (χ3n) is 2.23. The van der Waals surface area contributed by atoms with Gasteiger partial charge in [0.2, 0.25) is 5.91 Å². The molecule has 0 spiro atoms. The summed E-state index contributed by atoms with van der Waals surface area (Å²) in [6.07, 6.45) is 0.879. The van der Waals surface area contributed by atoms with Gasteiger partial charge >= 0.3 is 6.61 Å². The summed E-state index contributed by atoms with van der Waals surface area (Å²) in [5.41, 5.74) is 0.657. The lowest BCUT2D eigenvalue weighted by Crippen LogP contribution is -2.24. The number of carbonyl (C=O) groups is 1. The van der Waals surface area contributed by atoms with Crippen LogP contribution in [0.2, 0.25) is 0 Å². The lowest BCUT2D eigenvalue weighted by molar-refractivity contribution is -0.120. The highest BCUT2D eigenvalue weighted by atomic mass is 19.3. The largest absolute Gasteiger partial charge is 0.435 e. The topological polar surface area (TPSA) is 38.3 Å². The maximum Gasteiger partial charge on any atom is 0.387 e. The van der Waals surface area contributed by atoms with Crippen LogP contribution in [0.3, 0.4) is 0 Å². The third-order valence-corrected chi connectivity index (χ3v) is 2.23. The van der Waals surface area contributed by atoms with Gasteiger partial charge in [-0.2, -0.15) is 8.78 Å². The van der Waals surface area contributed by atoms with E-state index in [0.29, 0.717) is 24.9 Å². The number of rotatable bonds is 6. The maximum absolute atomic E-state index is 12.1. The van der Waals surface area contributed by atoms with Crippen molar-refractivity contribution >= 4 is 5.91 Å². The molecule has 1 aromatic rings. The van der Waals surface area contributed by atoms with Crippen molar-refractivity contribution in [3.63, 3.8) is 0 Å². The fraction of sp³-hybridized carbons (Fsp3) is 0.417. The number of hydrogen-bond acceptors (Lipinski definition) is 2. The molecule has 1 aromatic carbocycles. The molecule has 0 aliphatic carbocycles. The molecule has 94 valence electrons. The van der Waals surface area contributed by atoms with Gasteiger partial charge in [0, 0.05) is 13.0 Å². The van der Waals surface area contributed by atoms with Gasteiger partial charge in [-0.15, -0.1) is 0 Å². The Balaban J connectivity index is 2.54. The number of alkyl halides is 2. The molecule has 3 nitrogen and oxygen atoms in total. The highest BCUT2D eigenvalue weighted by Gasteiger charge is 2.08. The van der Waals surface area contributed by atoms with Crippen molar-refractivity contribution in [3.05, 3.63) is 29.8 Å². The number of nitrogens with one attached hydrogen (secondary N) is 1. The summed E-state index contributed by atoms with van der Waals surface area (Å²) in [5, 5.41) is 2.68. The summed E-state index contributed by atoms with van der Waals surface area (Å²) in [6.45, 7) is -0.666. The number of halogens is 2. The summed E-state index contributed by atoms with van der Waals surface area (Å²) in [4.78, 5) is 11.0. The van der Waals surface area contributed by atoms with Crippen LogP contribution in [-0.2, 0) is 11.2 Å². The Morgan fingerprint density at radius 2 is 2.12 bits per heavy atom. The minimum atomic E-state index is -2.83. The van der Waals surface area contributed by atoms with Gasteiger partial charge in [0.05, 0.1) is 0 Å². The zero-order valence-corrected chi connectivity index (χ0v) is 9.58. The fourth-order valence-electron chi connectivity index (χ4n) is 1.38. The third kappa shape index (κ3) is 4.80. The number of hydrogen-bond donors (Lipinski definition) is 1. The average molecular weight is 243 g/mol. The average Bonchev–Trinajstić information content (AvgIpc) is 2.30. The fourth-order valence-corrected chi connectivity index (χ4v) is 1.38. The van der Waals surface area contributed by atoms with Crippen LogP contribution in [0.5, 0.6) is 5.75 Å². The van der Waals surface area contributed by atoms with Crippen molar-refractivity contribution in [1.82, 2.24) is 5.32 Å². The normalized spacial score (nSPS) is 10.4. The molecule has 0 fully saturated rings. The molecule has 5 heteroatoms. The number of ether oxygens (including phenoxy) is 1. The zero-order valence-electron chi connectivity index (χ0n) is 9.58. The van der Waals surface area contributed by atoms with E-state index in [1.807, 2.05) is 0 Å². The molecule has 1 N–H and O–H groups in total. The molecule has 0 saturated heterocycles. The van der Waals surface area contributed by atoms with Crippen LogP contribution in [0.4, 0.5) is 8.78 Å². The molecule has 0 unspecified atom stereocenters. The van der Waals surface area contributed by atoms with Gasteiger partial charge in [-0.05, 0) is 18.1 Å². The van der Waals surface area contributed by atoms with Crippen LogP contribution in [0.25, 0.3) is 0 Å². The molecule has 0 heterocycles. The van der Waals surface area contributed by atoms with E-state index in [1.165, 1.54) is 6.07 Å². The summed E-state index contributed by atoms with van der Waals surface area (Å²) in [6, 6.07) is 6.57. The van der Waals surface area contributed by atoms with Gasteiger partial charge < -0.3 is 10.1 Å². The van der Waals surface area contributed by atoms with Crippen LogP contribution < -0.4 is 10.1 Å². The van der Waals surface area contributed by atoms with E-state index < -0.39 is 6.61 Å². The van der Waals surface area contributed by atoms with E-state index in [1.54, 1.807) is 25.1 Å². The Morgan fingerprint density at radius 3 is 2.76 bits per heavy atom. The molecule has 0 aliphatic heterocycles. The smallest absolute Gasteiger partial charge is 0.387 e. The van der Waals surface area contributed by atoms with Crippen molar-refractivity contribution in [3.8, 4) is 5.75 Å². The Bertz CT molecular complexity index is 369. The van der Waals surface area contributed by atoms with Gasteiger partial charge in [-0.25, -0.2) is 0 Å². The van der Waals surface area contributed by atoms with Crippen molar-refractivity contribution in [1.29, 1.82) is 0 Å². The Labute approximate surface area is 98.8 Å². The van der Waals surface area contributed by atoms with Crippen LogP contribution in [-0.4, -0.2) is 19.1 Å². The van der Waals surface area contributed by atoms with Crippen LogP contribution in [0.15, 0.2) is 24.3 Å². The summed E-state index contributed by atoms with van der Waals surface area (Å²) < 4.78 is 28.6. The summed E-state index contributed by atoms with van der Waals surface area (Å²) >= 11 is 0. The molecule has 0 saturated carbocycles. The van der Waals surface area contributed by atoms with Crippen LogP contribution in [0.1, 0.15) is 18.9 Å². The standard InChI is InChI=1S/C12H15F2NO2/c1-2-11(16)15-8-7-9-5-3-4-6-10(9)17-12(13)14/h3-6,12H,2,7-8H2,1H3,(H,15,16). The molecule has 1 rings (SSSR count). The summed E-state index contributed by atoms with van der Waals surface area (Å²) in [7, 11) is 0. The van der Waals surface area contributed by atoms with Crippen molar-refractivity contribution < 1.29 is 18.3 Å². The van der Waals surface area contributed by atoms with Gasteiger partial charge in [-0.1, -0.05) is 25.1 Å². The minimum absolute atomic E-state index is 0.0581. The monoisotopic (exact) mass is 243 g/mol. The predicted molar refractivity (Wildman–Crippen MR) is 60.1 cm³/mol. The van der Waals surface area contributed by atoms with E-state index >= 15 is 0 Å². The molecule has 0 bridgehead atoms. The molecule has 0 aliphatic rings. The Kier molecular flexibility index (Phi) is 5.39. The number of carbonyl (C=O) groups excluding carboxylic acids is 1. The molecule has 0 radical (unpaired) electrons. The second-order valence-electron chi connectivity index (χ2n) is 3.44. The van der Waals surface area contributed by atoms with Gasteiger partial charge in [0.15, 0.2) is 0 Å². The first-order chi connectivity index (χ1) is 8.13. The lowest BCUT2D eigenvalue weighted by atomic mass is 10.1. The number of amides is 1. The van der Waals surface area contributed by atoms with E-state index in [9.17, 15) is 13.6 Å². The zero-order chi connectivity index (χ0) is 12.7. The second-order valence-corrected chi connectivity index (χ2v) is 3.44. The highest BCUT2D eigenvalue weighted by molar-refractivity contribution is 5.75. The minimum Gasteiger partial charge on any atom is -0.435 e.